The molecule has 0 bridgehead atoms. The molecule has 1 N–H and O–H groups in total. The largest absolute Gasteiger partial charge is 0.506 e. The molecule has 1 unspecified atom stereocenters. The molecule has 0 fully saturated rings. The second-order valence-electron chi connectivity index (χ2n) is 4.30. The van der Waals surface area contributed by atoms with Gasteiger partial charge >= 0.3 is 5.97 Å². The van der Waals surface area contributed by atoms with Gasteiger partial charge in [0.25, 0.3) is 0 Å². The minimum Gasteiger partial charge on any atom is -0.506 e. The normalized spacial score (nSPS) is 17.4. The van der Waals surface area contributed by atoms with Crippen molar-refractivity contribution in [2.45, 2.75) is 13.0 Å². The van der Waals surface area contributed by atoms with Crippen LogP contribution in [0.4, 0.5) is 0 Å². The Labute approximate surface area is 104 Å². The Hall–Kier alpha value is -2.36. The predicted molar refractivity (Wildman–Crippen MR) is 64.3 cm³/mol. The van der Waals surface area contributed by atoms with Crippen molar-refractivity contribution in [3.63, 3.8) is 0 Å². The molecule has 0 spiro atoms. The third-order valence-electron chi connectivity index (χ3n) is 3.08. The summed E-state index contributed by atoms with van der Waals surface area (Å²) in [6, 6.07) is 7.08. The zero-order chi connectivity index (χ0) is 12.7. The molecule has 0 amide bonds. The molecule has 0 aliphatic carbocycles. The monoisotopic (exact) mass is 241 g/mol. The number of ether oxygens (including phenoxy) is 1. The summed E-state index contributed by atoms with van der Waals surface area (Å²) in [5, 5.41) is 9.45. The lowest BCUT2D eigenvalue weighted by atomic mass is 9.96. The zero-order valence-corrected chi connectivity index (χ0v) is 9.75. The molecule has 4 nitrogen and oxygen atoms in total. The molecule has 2 heterocycles. The molecule has 3 rings (SSSR count). The Morgan fingerprint density at radius 3 is 2.94 bits per heavy atom. The summed E-state index contributed by atoms with van der Waals surface area (Å²) in [5.41, 5.74) is 3.11. The Balaban J connectivity index is 2.16. The van der Waals surface area contributed by atoms with E-state index >= 15 is 0 Å². The molecule has 1 aliphatic rings. The lowest BCUT2D eigenvalue weighted by Crippen LogP contribution is -2.02. The highest BCUT2D eigenvalue weighted by Crippen LogP contribution is 2.38. The number of hydrogen-bond acceptors (Lipinski definition) is 4. The van der Waals surface area contributed by atoms with Crippen LogP contribution >= 0.6 is 0 Å². The number of carbonyl (C=O) groups is 1. The molecule has 1 aliphatic heterocycles. The van der Waals surface area contributed by atoms with Crippen molar-refractivity contribution >= 4 is 5.97 Å². The number of aryl methyl sites for hydroxylation is 1. The number of hydrogen-bond donors (Lipinski definition) is 1. The van der Waals surface area contributed by atoms with Crippen LogP contribution in [-0.4, -0.2) is 16.1 Å². The molecule has 18 heavy (non-hydrogen) atoms. The first-order valence-corrected chi connectivity index (χ1v) is 5.61. The summed E-state index contributed by atoms with van der Waals surface area (Å²) in [7, 11) is 0. The third kappa shape index (κ3) is 1.54. The van der Waals surface area contributed by atoms with E-state index in [1.807, 2.05) is 19.1 Å². The molecular formula is C14H11NO3. The van der Waals surface area contributed by atoms with E-state index in [4.69, 9.17) is 4.74 Å². The van der Waals surface area contributed by atoms with Crippen molar-refractivity contribution in [2.75, 3.05) is 0 Å². The van der Waals surface area contributed by atoms with Gasteiger partial charge in [0, 0.05) is 17.3 Å². The predicted octanol–water partition coefficient (Wildman–Crippen LogP) is 2.36. The summed E-state index contributed by atoms with van der Waals surface area (Å²) < 4.78 is 5.36. The number of aromatic hydroxyl groups is 1. The highest BCUT2D eigenvalue weighted by molar-refractivity contribution is 5.95. The molecule has 1 aromatic carbocycles. The van der Waals surface area contributed by atoms with E-state index in [1.165, 1.54) is 6.20 Å². The summed E-state index contributed by atoms with van der Waals surface area (Å²) in [4.78, 5) is 15.7. The fourth-order valence-electron chi connectivity index (χ4n) is 2.26. The Kier molecular flexibility index (Phi) is 2.30. The minimum atomic E-state index is -0.478. The van der Waals surface area contributed by atoms with Crippen LogP contribution in [0.25, 0.3) is 0 Å². The lowest BCUT2D eigenvalue weighted by molar-refractivity contribution is 0.0454. The first-order valence-electron chi connectivity index (χ1n) is 5.61. The van der Waals surface area contributed by atoms with E-state index < -0.39 is 6.10 Å². The van der Waals surface area contributed by atoms with Gasteiger partial charge in [-0.05, 0) is 24.6 Å². The van der Waals surface area contributed by atoms with Crippen LogP contribution in [-0.2, 0) is 4.74 Å². The fourth-order valence-corrected chi connectivity index (χ4v) is 2.26. The molecule has 0 radical (unpaired) electrons. The van der Waals surface area contributed by atoms with Gasteiger partial charge in [-0.25, -0.2) is 4.79 Å². The van der Waals surface area contributed by atoms with Crippen LogP contribution in [0.15, 0.2) is 36.7 Å². The van der Waals surface area contributed by atoms with Crippen LogP contribution in [0.2, 0.25) is 0 Å². The molecule has 2 aromatic rings. The lowest BCUT2D eigenvalue weighted by Gasteiger charge is -2.12. The second-order valence-corrected chi connectivity index (χ2v) is 4.30. The Morgan fingerprint density at radius 1 is 1.33 bits per heavy atom. The van der Waals surface area contributed by atoms with Gasteiger partial charge in [0.2, 0.25) is 0 Å². The van der Waals surface area contributed by atoms with Gasteiger partial charge in [-0.15, -0.1) is 0 Å². The van der Waals surface area contributed by atoms with Crippen LogP contribution in [0.5, 0.6) is 5.75 Å². The number of aromatic nitrogens is 1. The smallest absolute Gasteiger partial charge is 0.339 e. The second kappa shape index (κ2) is 3.84. The number of rotatable bonds is 1. The molecule has 4 heteroatoms. The molecule has 1 aromatic heterocycles. The van der Waals surface area contributed by atoms with Gasteiger partial charge < -0.3 is 9.84 Å². The zero-order valence-electron chi connectivity index (χ0n) is 9.75. The Morgan fingerprint density at radius 2 is 2.17 bits per heavy atom. The highest BCUT2D eigenvalue weighted by Gasteiger charge is 2.33. The maximum Gasteiger partial charge on any atom is 0.339 e. The van der Waals surface area contributed by atoms with Crippen molar-refractivity contribution in [1.82, 2.24) is 4.98 Å². The molecule has 0 saturated heterocycles. The van der Waals surface area contributed by atoms with Crippen LogP contribution in [0.1, 0.15) is 33.2 Å². The topological polar surface area (TPSA) is 59.4 Å². The molecule has 1 atom stereocenters. The van der Waals surface area contributed by atoms with E-state index in [1.54, 1.807) is 18.3 Å². The van der Waals surface area contributed by atoms with E-state index in [9.17, 15) is 9.90 Å². The standard InChI is InChI=1S/C14H11NO3/c1-8-3-2-4-11-12(8)13(18-14(11)17)9-5-10(16)7-15-6-9/h2-7,13,16H,1H3. The van der Waals surface area contributed by atoms with E-state index in [0.717, 1.165) is 11.1 Å². The van der Waals surface area contributed by atoms with Crippen LogP contribution in [0, 0.1) is 6.92 Å². The first-order chi connectivity index (χ1) is 8.66. The number of carbonyl (C=O) groups excluding carboxylic acids is 1. The summed E-state index contributed by atoms with van der Waals surface area (Å²) in [6.45, 7) is 1.93. The molecule has 0 saturated carbocycles. The molecule has 90 valence electrons. The summed E-state index contributed by atoms with van der Waals surface area (Å²) in [6.07, 6.45) is 2.46. The summed E-state index contributed by atoms with van der Waals surface area (Å²) in [5.74, 6) is -0.271. The van der Waals surface area contributed by atoms with Crippen molar-refractivity contribution in [3.8, 4) is 5.75 Å². The van der Waals surface area contributed by atoms with Gasteiger partial charge in [-0.1, -0.05) is 12.1 Å². The Bertz CT molecular complexity index is 637. The van der Waals surface area contributed by atoms with Gasteiger partial charge in [0.15, 0.2) is 6.10 Å². The maximum atomic E-state index is 11.8. The number of pyridine rings is 1. The highest BCUT2D eigenvalue weighted by atomic mass is 16.5. The third-order valence-corrected chi connectivity index (χ3v) is 3.08. The summed E-state index contributed by atoms with van der Waals surface area (Å²) >= 11 is 0. The van der Waals surface area contributed by atoms with Crippen molar-refractivity contribution in [3.05, 3.63) is 58.9 Å². The number of esters is 1. The average molecular weight is 241 g/mol. The van der Waals surface area contributed by atoms with Gasteiger partial charge in [0.05, 0.1) is 11.8 Å². The van der Waals surface area contributed by atoms with Gasteiger partial charge in [-0.2, -0.15) is 0 Å². The quantitative estimate of drug-likeness (QED) is 0.778. The number of benzene rings is 1. The van der Waals surface area contributed by atoms with E-state index in [2.05, 4.69) is 4.98 Å². The number of fused-ring (bicyclic) bond motifs is 1. The van der Waals surface area contributed by atoms with Crippen molar-refractivity contribution in [2.24, 2.45) is 0 Å². The van der Waals surface area contributed by atoms with Crippen molar-refractivity contribution in [1.29, 1.82) is 0 Å². The maximum absolute atomic E-state index is 11.8. The van der Waals surface area contributed by atoms with E-state index in [0.29, 0.717) is 11.1 Å². The van der Waals surface area contributed by atoms with Crippen LogP contribution < -0.4 is 0 Å². The number of nitrogens with zero attached hydrogens (tertiary/aromatic N) is 1. The molecular weight excluding hydrogens is 230 g/mol. The van der Waals surface area contributed by atoms with Crippen molar-refractivity contribution < 1.29 is 14.6 Å². The van der Waals surface area contributed by atoms with Crippen LogP contribution in [0.3, 0.4) is 0 Å². The average Bonchev–Trinajstić information content (AvgIpc) is 2.69. The first kappa shape index (κ1) is 10.8. The minimum absolute atomic E-state index is 0.0607. The van der Waals surface area contributed by atoms with Gasteiger partial charge in [-0.3, -0.25) is 4.98 Å². The fraction of sp³-hybridized carbons (Fsp3) is 0.143. The van der Waals surface area contributed by atoms with E-state index in [-0.39, 0.29) is 11.7 Å². The van der Waals surface area contributed by atoms with Gasteiger partial charge in [0.1, 0.15) is 5.75 Å². The SMILES string of the molecule is Cc1cccc2c1C(c1cncc(O)c1)OC2=O. The number of cyclic esters (lactones) is 1.